The number of hydrogen-bond acceptors (Lipinski definition) is 6. The smallest absolute Gasteiger partial charge is 0.253 e. The van der Waals surface area contributed by atoms with Crippen LogP contribution in [0.3, 0.4) is 0 Å². The van der Waals surface area contributed by atoms with Crippen LogP contribution in [-0.2, 0) is 0 Å². The van der Waals surface area contributed by atoms with E-state index in [9.17, 15) is 4.79 Å². The number of anilines is 1. The average Bonchev–Trinajstić information content (AvgIpc) is 3.34. The molecule has 1 saturated heterocycles. The second kappa shape index (κ2) is 8.31. The molecule has 0 saturated carbocycles. The minimum atomic E-state index is 0.0901. The zero-order valence-electron chi connectivity index (χ0n) is 17.5. The predicted molar refractivity (Wildman–Crippen MR) is 120 cm³/mol. The Balaban J connectivity index is 1.30. The van der Waals surface area contributed by atoms with Crippen molar-refractivity contribution in [3.63, 3.8) is 0 Å². The van der Waals surface area contributed by atoms with Crippen molar-refractivity contribution in [1.82, 2.24) is 29.8 Å². The van der Waals surface area contributed by atoms with Crippen molar-refractivity contribution >= 4 is 23.2 Å². The molecule has 158 valence electrons. The molecule has 1 fully saturated rings. The minimum Gasteiger partial charge on any atom is -0.380 e. The average molecular weight is 416 g/mol. The van der Waals surface area contributed by atoms with Crippen LogP contribution < -0.4 is 5.32 Å². The van der Waals surface area contributed by atoms with Crippen molar-refractivity contribution in [2.24, 2.45) is 0 Å². The highest BCUT2D eigenvalue weighted by Gasteiger charge is 2.21. The van der Waals surface area contributed by atoms with Gasteiger partial charge in [0, 0.05) is 67.5 Å². The van der Waals surface area contributed by atoms with Crippen molar-refractivity contribution in [2.75, 3.05) is 44.6 Å². The van der Waals surface area contributed by atoms with Crippen LogP contribution in [0.5, 0.6) is 0 Å². The molecule has 0 radical (unpaired) electrons. The maximum atomic E-state index is 12.8. The van der Waals surface area contributed by atoms with Gasteiger partial charge in [0.15, 0.2) is 0 Å². The molecule has 1 N–H and O–H groups in total. The van der Waals surface area contributed by atoms with E-state index in [4.69, 9.17) is 0 Å². The molecule has 2 aliphatic rings. The lowest BCUT2D eigenvalue weighted by molar-refractivity contribution is 0.0643. The van der Waals surface area contributed by atoms with Crippen LogP contribution in [0, 0.1) is 0 Å². The first-order chi connectivity index (χ1) is 15.2. The molecule has 0 unspecified atom stereocenters. The van der Waals surface area contributed by atoms with Crippen molar-refractivity contribution < 1.29 is 4.79 Å². The third kappa shape index (κ3) is 3.94. The number of nitrogens with zero attached hydrogens (tertiary/aromatic N) is 6. The molecule has 5 rings (SSSR count). The number of carbonyl (C=O) groups excluding carboxylic acids is 1. The number of pyridine rings is 1. The molecule has 31 heavy (non-hydrogen) atoms. The van der Waals surface area contributed by atoms with Gasteiger partial charge in [-0.15, -0.1) is 5.10 Å². The van der Waals surface area contributed by atoms with Gasteiger partial charge in [0.2, 0.25) is 0 Å². The molecule has 2 aromatic heterocycles. The quantitative estimate of drug-likeness (QED) is 0.705. The summed E-state index contributed by atoms with van der Waals surface area (Å²) >= 11 is 0. The van der Waals surface area contributed by atoms with Gasteiger partial charge in [0.05, 0.1) is 11.9 Å². The van der Waals surface area contributed by atoms with Gasteiger partial charge in [-0.1, -0.05) is 12.1 Å². The normalized spacial score (nSPS) is 16.4. The summed E-state index contributed by atoms with van der Waals surface area (Å²) in [4.78, 5) is 21.3. The van der Waals surface area contributed by atoms with E-state index in [1.807, 2.05) is 47.6 Å². The van der Waals surface area contributed by atoms with Crippen molar-refractivity contribution in [3.05, 3.63) is 65.7 Å². The molecule has 8 heteroatoms. The van der Waals surface area contributed by atoms with E-state index in [0.717, 1.165) is 60.9 Å². The lowest BCUT2D eigenvalue weighted by Crippen LogP contribution is -2.48. The van der Waals surface area contributed by atoms with Crippen molar-refractivity contribution in [1.29, 1.82) is 0 Å². The Bertz CT molecular complexity index is 1110. The van der Waals surface area contributed by atoms with Gasteiger partial charge in [-0.05, 0) is 43.0 Å². The summed E-state index contributed by atoms with van der Waals surface area (Å²) in [6, 6.07) is 9.54. The molecular formula is C23H25N7O. The molecule has 0 aliphatic carbocycles. The van der Waals surface area contributed by atoms with Gasteiger partial charge >= 0.3 is 0 Å². The van der Waals surface area contributed by atoms with Gasteiger partial charge in [-0.25, -0.2) is 4.68 Å². The lowest BCUT2D eigenvalue weighted by Gasteiger charge is -2.34. The zero-order valence-corrected chi connectivity index (χ0v) is 17.5. The number of rotatable bonds is 4. The highest BCUT2D eigenvalue weighted by Crippen LogP contribution is 2.26. The molecule has 0 atom stereocenters. The maximum Gasteiger partial charge on any atom is 0.253 e. The second-order valence-corrected chi connectivity index (χ2v) is 7.81. The summed E-state index contributed by atoms with van der Waals surface area (Å²) in [5, 5.41) is 12.0. The topological polar surface area (TPSA) is 79.2 Å². The summed E-state index contributed by atoms with van der Waals surface area (Å²) < 4.78 is 1.74. The summed E-state index contributed by atoms with van der Waals surface area (Å²) in [5.41, 5.74) is 5.57. The number of amides is 1. The van der Waals surface area contributed by atoms with Crippen molar-refractivity contribution in [3.8, 4) is 5.69 Å². The first-order valence-corrected chi connectivity index (χ1v) is 10.6. The number of carbonyl (C=O) groups is 1. The van der Waals surface area contributed by atoms with Gasteiger partial charge in [-0.3, -0.25) is 9.78 Å². The van der Waals surface area contributed by atoms with E-state index >= 15 is 0 Å². The molecule has 3 aromatic rings. The molecule has 8 nitrogen and oxygen atoms in total. The Morgan fingerprint density at radius 1 is 1.10 bits per heavy atom. The highest BCUT2D eigenvalue weighted by atomic mass is 16.2. The molecule has 4 heterocycles. The maximum absolute atomic E-state index is 12.8. The number of aromatic nitrogens is 4. The molecule has 2 aliphatic heterocycles. The van der Waals surface area contributed by atoms with E-state index < -0.39 is 0 Å². The van der Waals surface area contributed by atoms with Gasteiger partial charge in [-0.2, -0.15) is 0 Å². The third-order valence-electron chi connectivity index (χ3n) is 5.96. The molecule has 1 amide bonds. The van der Waals surface area contributed by atoms with Crippen LogP contribution in [0.25, 0.3) is 17.3 Å². The Morgan fingerprint density at radius 3 is 2.68 bits per heavy atom. The Morgan fingerprint density at radius 2 is 1.90 bits per heavy atom. The van der Waals surface area contributed by atoms with E-state index in [-0.39, 0.29) is 5.91 Å². The summed E-state index contributed by atoms with van der Waals surface area (Å²) in [6.07, 6.45) is 7.62. The highest BCUT2D eigenvalue weighted by molar-refractivity contribution is 5.94. The molecule has 0 spiro atoms. The second-order valence-electron chi connectivity index (χ2n) is 7.81. The fourth-order valence-corrected chi connectivity index (χ4v) is 4.02. The van der Waals surface area contributed by atoms with Crippen LogP contribution in [0.2, 0.25) is 0 Å². The standard InChI is InChI=1S/C23H25N7O/c1-2-28-9-11-29(12-10-28)23(31)17-3-5-20(6-4-17)30-16-22(26-27-30)19-13-18-14-24-8-7-21(18)25-15-19/h3-8,13-14,16,25H,2,9-12,15H2,1H3. The van der Waals surface area contributed by atoms with E-state index in [1.54, 1.807) is 10.9 Å². The predicted octanol–water partition coefficient (Wildman–Crippen LogP) is 2.41. The third-order valence-corrected chi connectivity index (χ3v) is 5.96. The number of likely N-dealkylation sites (N-methyl/N-ethyl adjacent to an activating group) is 1. The number of fused-ring (bicyclic) bond motifs is 1. The zero-order chi connectivity index (χ0) is 21.2. The number of benzene rings is 1. The van der Waals surface area contributed by atoms with Crippen LogP contribution in [0.1, 0.15) is 28.5 Å². The Kier molecular flexibility index (Phi) is 5.21. The van der Waals surface area contributed by atoms with Crippen LogP contribution in [-0.4, -0.2) is 75.0 Å². The summed E-state index contributed by atoms with van der Waals surface area (Å²) in [6.45, 7) is 7.32. The first-order valence-electron chi connectivity index (χ1n) is 10.6. The minimum absolute atomic E-state index is 0.0901. The number of piperazine rings is 1. The Hall–Kier alpha value is -3.52. The number of nitrogens with one attached hydrogen (secondary N) is 1. The monoisotopic (exact) mass is 415 g/mol. The van der Waals surface area contributed by atoms with Crippen LogP contribution in [0.4, 0.5) is 5.69 Å². The van der Waals surface area contributed by atoms with Crippen LogP contribution >= 0.6 is 0 Å². The van der Waals surface area contributed by atoms with E-state index in [1.165, 1.54) is 0 Å². The summed E-state index contributed by atoms with van der Waals surface area (Å²) in [5.74, 6) is 0.0901. The fraction of sp³-hybridized carbons (Fsp3) is 0.304. The van der Waals surface area contributed by atoms with E-state index in [2.05, 4.69) is 38.5 Å². The van der Waals surface area contributed by atoms with Gasteiger partial charge in [0.1, 0.15) is 5.69 Å². The fourth-order valence-electron chi connectivity index (χ4n) is 4.02. The Labute approximate surface area is 181 Å². The number of hydrogen-bond donors (Lipinski definition) is 1. The molecule has 1 aromatic carbocycles. The SMILES string of the molecule is CCN1CCN(C(=O)c2ccc(-n3cc(C4=Cc5cnccc5NC4)nn3)cc2)CC1. The van der Waals surface area contributed by atoms with E-state index in [0.29, 0.717) is 12.1 Å². The molecule has 0 bridgehead atoms. The summed E-state index contributed by atoms with van der Waals surface area (Å²) in [7, 11) is 0. The van der Waals surface area contributed by atoms with Gasteiger partial charge < -0.3 is 15.1 Å². The van der Waals surface area contributed by atoms with Crippen LogP contribution in [0.15, 0.2) is 48.9 Å². The van der Waals surface area contributed by atoms with Gasteiger partial charge in [0.25, 0.3) is 5.91 Å². The first kappa shape index (κ1) is 19.4. The largest absolute Gasteiger partial charge is 0.380 e. The molecular weight excluding hydrogens is 390 g/mol. The van der Waals surface area contributed by atoms with Crippen molar-refractivity contribution in [2.45, 2.75) is 6.92 Å². The lowest BCUT2D eigenvalue weighted by atomic mass is 10.0.